The van der Waals surface area contributed by atoms with E-state index in [4.69, 9.17) is 9.47 Å². The molecule has 200 valence electrons. The molecule has 0 fully saturated rings. The lowest BCUT2D eigenvalue weighted by Crippen LogP contribution is -2.44. The molecule has 2 aromatic carbocycles. The Morgan fingerprint density at radius 2 is 1.33 bits per heavy atom. The molecule has 4 nitrogen and oxygen atoms in total. The number of esters is 1. The van der Waals surface area contributed by atoms with Crippen LogP contribution in [-0.2, 0) is 22.5 Å². The number of aryl methyl sites for hydroxylation is 1. The van der Waals surface area contributed by atoms with Crippen LogP contribution >= 0.6 is 0 Å². The van der Waals surface area contributed by atoms with Crippen LogP contribution < -0.4 is 4.74 Å². The van der Waals surface area contributed by atoms with Crippen LogP contribution in [0.5, 0.6) is 5.75 Å². The van der Waals surface area contributed by atoms with Crippen molar-refractivity contribution in [3.63, 3.8) is 0 Å². The van der Waals surface area contributed by atoms with Crippen molar-refractivity contribution in [1.29, 1.82) is 0 Å². The fourth-order valence-corrected chi connectivity index (χ4v) is 4.56. The highest BCUT2D eigenvalue weighted by atomic mass is 16.7. The molecule has 0 saturated heterocycles. The summed E-state index contributed by atoms with van der Waals surface area (Å²) in [6.07, 6.45) is 14.7. The highest BCUT2D eigenvalue weighted by Gasteiger charge is 2.24. The number of nitrogens with zero attached hydrogens (tertiary/aromatic N) is 1. The highest BCUT2D eigenvalue weighted by Crippen LogP contribution is 2.18. The smallest absolute Gasteiger partial charge is 0.364 e. The van der Waals surface area contributed by atoms with Gasteiger partial charge in [-0.25, -0.2) is 4.79 Å². The summed E-state index contributed by atoms with van der Waals surface area (Å²) < 4.78 is 12.2. The van der Waals surface area contributed by atoms with Crippen molar-refractivity contribution in [2.24, 2.45) is 0 Å². The second-order valence-corrected chi connectivity index (χ2v) is 10.8. The lowest BCUT2D eigenvalue weighted by molar-refractivity contribution is -0.896. The van der Waals surface area contributed by atoms with E-state index in [9.17, 15) is 4.79 Å². The number of likely N-dealkylation sites (N-methyl/N-ethyl adjacent to an activating group) is 1. The van der Waals surface area contributed by atoms with Gasteiger partial charge in [0.05, 0.1) is 14.1 Å². The number of carbonyl (C=O) groups is 1. The number of ether oxygens (including phenoxy) is 2. The van der Waals surface area contributed by atoms with Crippen molar-refractivity contribution < 1.29 is 18.8 Å². The molecule has 4 heteroatoms. The third-order valence-corrected chi connectivity index (χ3v) is 6.62. The minimum absolute atomic E-state index is 0.236. The van der Waals surface area contributed by atoms with E-state index in [1.807, 2.05) is 51.4 Å². The molecular formula is C32H50NO3+. The van der Waals surface area contributed by atoms with Crippen LogP contribution in [0.1, 0.15) is 95.6 Å². The quantitative estimate of drug-likeness (QED) is 0.0853. The van der Waals surface area contributed by atoms with E-state index >= 15 is 0 Å². The summed E-state index contributed by atoms with van der Waals surface area (Å²) in [5.74, 6) is 0.514. The van der Waals surface area contributed by atoms with Crippen molar-refractivity contribution in [3.8, 4) is 5.75 Å². The van der Waals surface area contributed by atoms with Gasteiger partial charge in [0, 0.05) is 12.0 Å². The number of quaternary nitrogens is 1. The molecule has 2 rings (SSSR count). The normalized spacial score (nSPS) is 12.3. The molecule has 0 heterocycles. The molecule has 2 aromatic rings. The number of hydrogen-bond acceptors (Lipinski definition) is 3. The maximum Gasteiger partial charge on any atom is 0.364 e. The van der Waals surface area contributed by atoms with Gasteiger partial charge >= 0.3 is 5.97 Å². The van der Waals surface area contributed by atoms with Crippen LogP contribution in [0.2, 0.25) is 0 Å². The number of rotatable bonds is 19. The molecule has 0 aliphatic heterocycles. The summed E-state index contributed by atoms with van der Waals surface area (Å²) in [6, 6.07) is 18.5. The molecule has 1 unspecified atom stereocenters. The molecule has 0 amide bonds. The van der Waals surface area contributed by atoms with Crippen LogP contribution in [-0.4, -0.2) is 37.4 Å². The minimum Gasteiger partial charge on any atom is -0.455 e. The van der Waals surface area contributed by atoms with Crippen LogP contribution in [0.15, 0.2) is 54.6 Å². The first-order valence-electron chi connectivity index (χ1n) is 14.2. The van der Waals surface area contributed by atoms with Gasteiger partial charge in [0.2, 0.25) is 6.29 Å². The maximum absolute atomic E-state index is 12.6. The Kier molecular flexibility index (Phi) is 14.3. The number of benzene rings is 2. The molecule has 0 aromatic heterocycles. The van der Waals surface area contributed by atoms with Crippen LogP contribution in [0.25, 0.3) is 0 Å². The van der Waals surface area contributed by atoms with Gasteiger partial charge in [-0.1, -0.05) is 114 Å². The second kappa shape index (κ2) is 17.2. The van der Waals surface area contributed by atoms with E-state index in [0.717, 1.165) is 18.7 Å². The lowest BCUT2D eigenvalue weighted by atomic mass is 10.0. The first kappa shape index (κ1) is 29.9. The molecule has 1 atom stereocenters. The van der Waals surface area contributed by atoms with Crippen molar-refractivity contribution >= 4 is 5.97 Å². The van der Waals surface area contributed by atoms with Gasteiger partial charge in [0.25, 0.3) is 0 Å². The zero-order valence-electron chi connectivity index (χ0n) is 23.3. The number of unbranched alkanes of at least 4 members (excludes halogenated alkanes) is 9. The molecule has 0 radical (unpaired) electrons. The fourth-order valence-electron chi connectivity index (χ4n) is 4.56. The Morgan fingerprint density at radius 3 is 1.92 bits per heavy atom. The van der Waals surface area contributed by atoms with Crippen LogP contribution in [0.4, 0.5) is 0 Å². The van der Waals surface area contributed by atoms with Crippen molar-refractivity contribution in [2.45, 2.75) is 104 Å². The minimum atomic E-state index is -0.568. The zero-order chi connectivity index (χ0) is 26.1. The average Bonchev–Trinajstić information content (AvgIpc) is 2.85. The monoisotopic (exact) mass is 496 g/mol. The Labute approximate surface area is 220 Å². The Bertz CT molecular complexity index is 832. The summed E-state index contributed by atoms with van der Waals surface area (Å²) in [4.78, 5) is 12.6. The zero-order valence-corrected chi connectivity index (χ0v) is 23.3. The number of carbonyl (C=O) groups excluding carboxylic acids is 1. The van der Waals surface area contributed by atoms with E-state index < -0.39 is 6.29 Å². The van der Waals surface area contributed by atoms with Gasteiger partial charge in [-0.3, -0.25) is 0 Å². The maximum atomic E-state index is 12.6. The fraction of sp³-hybridized carbons (Fsp3) is 0.594. The molecule has 0 aliphatic rings. The Hall–Kier alpha value is -2.33. The van der Waals surface area contributed by atoms with Gasteiger partial charge in [-0.05, 0) is 30.5 Å². The molecule has 0 bridgehead atoms. The summed E-state index contributed by atoms with van der Waals surface area (Å²) in [7, 11) is 4.09. The standard InChI is InChI=1S/C32H50NO3/c1-5-7-8-9-10-11-12-13-14-16-19-28-22-24-30(25-23-28)35-32(6-2)36-31(34)27-33(3,4)26-29-20-17-15-18-21-29/h15,17-18,20-25,32H,5-14,16,19,26-27H2,1-4H3/q+1. The van der Waals surface area contributed by atoms with Crippen LogP contribution in [0.3, 0.4) is 0 Å². The molecule has 0 aliphatic carbocycles. The summed E-state index contributed by atoms with van der Waals surface area (Å²) in [5, 5.41) is 0. The Balaban J connectivity index is 1.65. The lowest BCUT2D eigenvalue weighted by Gasteiger charge is -2.29. The summed E-state index contributed by atoms with van der Waals surface area (Å²) >= 11 is 0. The van der Waals surface area contributed by atoms with Crippen molar-refractivity contribution in [2.75, 3.05) is 20.6 Å². The number of hydrogen-bond donors (Lipinski definition) is 0. The van der Waals surface area contributed by atoms with E-state index in [1.54, 1.807) is 0 Å². The highest BCUT2D eigenvalue weighted by molar-refractivity contribution is 5.70. The van der Waals surface area contributed by atoms with Crippen LogP contribution in [0, 0.1) is 0 Å². The molecule has 0 saturated carbocycles. The van der Waals surface area contributed by atoms with Gasteiger partial charge in [0.15, 0.2) is 6.54 Å². The molecule has 0 N–H and O–H groups in total. The third-order valence-electron chi connectivity index (χ3n) is 6.62. The van der Waals surface area contributed by atoms with E-state index in [2.05, 4.69) is 31.2 Å². The van der Waals surface area contributed by atoms with E-state index in [1.165, 1.54) is 75.3 Å². The SMILES string of the molecule is CCCCCCCCCCCCc1ccc(OC(CC)OC(=O)C[N+](C)(C)Cc2ccccc2)cc1. The van der Waals surface area contributed by atoms with Gasteiger partial charge in [-0.15, -0.1) is 0 Å². The first-order valence-corrected chi connectivity index (χ1v) is 14.2. The third kappa shape index (κ3) is 13.1. The van der Waals surface area contributed by atoms with Gasteiger partial charge < -0.3 is 14.0 Å². The second-order valence-electron chi connectivity index (χ2n) is 10.8. The van der Waals surface area contributed by atoms with E-state index in [-0.39, 0.29) is 5.97 Å². The largest absolute Gasteiger partial charge is 0.455 e. The predicted octanol–water partition coefficient (Wildman–Crippen LogP) is 8.08. The molecule has 0 spiro atoms. The topological polar surface area (TPSA) is 35.5 Å². The summed E-state index contributed by atoms with van der Waals surface area (Å²) in [6.45, 7) is 5.32. The Morgan fingerprint density at radius 1 is 0.750 bits per heavy atom. The predicted molar refractivity (Wildman–Crippen MR) is 150 cm³/mol. The summed E-state index contributed by atoms with van der Waals surface area (Å²) in [5.41, 5.74) is 2.54. The van der Waals surface area contributed by atoms with Crippen molar-refractivity contribution in [1.82, 2.24) is 0 Å². The van der Waals surface area contributed by atoms with E-state index in [0.29, 0.717) is 17.4 Å². The first-order chi connectivity index (χ1) is 17.4. The van der Waals surface area contributed by atoms with Crippen molar-refractivity contribution in [3.05, 3.63) is 65.7 Å². The average molecular weight is 497 g/mol. The van der Waals surface area contributed by atoms with Gasteiger partial charge in [-0.2, -0.15) is 0 Å². The van der Waals surface area contributed by atoms with Gasteiger partial charge in [0.1, 0.15) is 12.3 Å². The molecular weight excluding hydrogens is 446 g/mol. The molecule has 36 heavy (non-hydrogen) atoms.